The third kappa shape index (κ3) is 2.97. The van der Waals surface area contributed by atoms with E-state index < -0.39 is 0 Å². The molecule has 0 unspecified atom stereocenters. The van der Waals surface area contributed by atoms with Crippen LogP contribution in [-0.4, -0.2) is 47.3 Å². The lowest BCUT2D eigenvalue weighted by Gasteiger charge is -2.36. The van der Waals surface area contributed by atoms with E-state index in [4.69, 9.17) is 5.11 Å². The Bertz CT molecular complexity index is 167. The van der Waals surface area contributed by atoms with Crippen LogP contribution in [0.2, 0.25) is 0 Å². The number of piperidine rings is 1. The lowest BCUT2D eigenvalue weighted by atomic mass is 10.2. The van der Waals surface area contributed by atoms with E-state index >= 15 is 0 Å². The van der Waals surface area contributed by atoms with Crippen LogP contribution in [0.3, 0.4) is 0 Å². The van der Waals surface area contributed by atoms with Gasteiger partial charge in [0.1, 0.15) is 0 Å². The van der Waals surface area contributed by atoms with Gasteiger partial charge in [-0.05, 0) is 12.8 Å². The summed E-state index contributed by atoms with van der Waals surface area (Å²) in [5.41, 5.74) is 0. The van der Waals surface area contributed by atoms with E-state index in [9.17, 15) is 4.79 Å². The van der Waals surface area contributed by atoms with E-state index in [1.165, 1.54) is 6.42 Å². The minimum atomic E-state index is 0.0240. The molecule has 13 heavy (non-hydrogen) atoms. The Morgan fingerprint density at radius 2 is 2.00 bits per heavy atom. The molecule has 0 aromatic carbocycles. The summed E-state index contributed by atoms with van der Waals surface area (Å²) < 4.78 is 0. The third-order valence-electron chi connectivity index (χ3n) is 2.35. The molecule has 1 aliphatic heterocycles. The van der Waals surface area contributed by atoms with Gasteiger partial charge < -0.3 is 5.11 Å². The van der Waals surface area contributed by atoms with Gasteiger partial charge in [-0.15, -0.1) is 0 Å². The molecule has 0 radical (unpaired) electrons. The number of hydrogen-bond donors (Lipinski definition) is 1. The molecule has 0 saturated carbocycles. The highest BCUT2D eigenvalue weighted by Crippen LogP contribution is 2.11. The Labute approximate surface area is 79.1 Å². The zero-order valence-electron chi connectivity index (χ0n) is 8.20. The fraction of sp³-hybridized carbons (Fsp3) is 0.889. The highest BCUT2D eigenvalue weighted by atomic mass is 16.3. The summed E-state index contributed by atoms with van der Waals surface area (Å²) >= 11 is 0. The molecule has 4 heteroatoms. The van der Waals surface area contributed by atoms with Gasteiger partial charge in [0, 0.05) is 20.0 Å². The molecule has 4 nitrogen and oxygen atoms in total. The van der Waals surface area contributed by atoms with E-state index in [2.05, 4.69) is 0 Å². The van der Waals surface area contributed by atoms with E-state index in [1.54, 1.807) is 11.9 Å². The number of carbonyl (C=O) groups is 1. The van der Waals surface area contributed by atoms with E-state index in [0.717, 1.165) is 25.9 Å². The molecule has 1 N–H and O–H groups in total. The molecular weight excluding hydrogens is 168 g/mol. The Morgan fingerprint density at radius 3 is 2.46 bits per heavy atom. The fourth-order valence-corrected chi connectivity index (χ4v) is 1.71. The van der Waals surface area contributed by atoms with Crippen LogP contribution < -0.4 is 0 Å². The maximum atomic E-state index is 11.2. The molecule has 0 aromatic heterocycles. The first-order chi connectivity index (χ1) is 6.25. The Morgan fingerprint density at radius 1 is 1.38 bits per heavy atom. The molecule has 1 amide bonds. The lowest BCUT2D eigenvalue weighted by molar-refractivity contribution is -0.149. The van der Waals surface area contributed by atoms with Crippen molar-refractivity contribution in [2.24, 2.45) is 0 Å². The SMILES string of the molecule is CC(=O)N(CCO)N1CCCCC1. The number of carbonyl (C=O) groups excluding carboxylic acids is 1. The first-order valence-corrected chi connectivity index (χ1v) is 4.89. The smallest absolute Gasteiger partial charge is 0.233 e. The number of hydrogen-bond acceptors (Lipinski definition) is 3. The second-order valence-corrected chi connectivity index (χ2v) is 3.38. The monoisotopic (exact) mass is 186 g/mol. The first-order valence-electron chi connectivity index (χ1n) is 4.89. The zero-order valence-corrected chi connectivity index (χ0v) is 8.20. The largest absolute Gasteiger partial charge is 0.394 e. The number of aliphatic hydroxyl groups is 1. The van der Waals surface area contributed by atoms with Crippen molar-refractivity contribution < 1.29 is 9.90 Å². The van der Waals surface area contributed by atoms with Crippen molar-refractivity contribution in [3.63, 3.8) is 0 Å². The number of aliphatic hydroxyl groups excluding tert-OH is 1. The minimum absolute atomic E-state index is 0.0240. The quantitative estimate of drug-likeness (QED) is 0.686. The summed E-state index contributed by atoms with van der Waals surface area (Å²) in [6.45, 7) is 3.90. The molecule has 1 saturated heterocycles. The number of amides is 1. The molecule has 76 valence electrons. The topological polar surface area (TPSA) is 43.8 Å². The Kier molecular flexibility index (Phi) is 4.18. The molecule has 0 aliphatic carbocycles. The van der Waals surface area contributed by atoms with Gasteiger partial charge in [0.25, 0.3) is 0 Å². The second kappa shape index (κ2) is 5.19. The van der Waals surface area contributed by atoms with Crippen molar-refractivity contribution in [2.45, 2.75) is 26.2 Å². The minimum Gasteiger partial charge on any atom is -0.394 e. The molecule has 1 fully saturated rings. The van der Waals surface area contributed by atoms with Crippen LogP contribution >= 0.6 is 0 Å². The van der Waals surface area contributed by atoms with Crippen LogP contribution in [0.25, 0.3) is 0 Å². The van der Waals surface area contributed by atoms with Crippen LogP contribution in [-0.2, 0) is 4.79 Å². The van der Waals surface area contributed by atoms with E-state index in [1.807, 2.05) is 5.01 Å². The standard InChI is InChI=1S/C9H18N2O2/c1-9(13)11(7-8-12)10-5-3-2-4-6-10/h12H,2-8H2,1H3. The van der Waals surface area contributed by atoms with Gasteiger partial charge in [-0.1, -0.05) is 6.42 Å². The Hall–Kier alpha value is -0.610. The summed E-state index contributed by atoms with van der Waals surface area (Å²) in [7, 11) is 0. The third-order valence-corrected chi connectivity index (χ3v) is 2.35. The average Bonchev–Trinajstić information content (AvgIpc) is 2.15. The zero-order chi connectivity index (χ0) is 9.68. The van der Waals surface area contributed by atoms with Gasteiger partial charge in [-0.3, -0.25) is 9.80 Å². The molecule has 1 heterocycles. The van der Waals surface area contributed by atoms with Crippen molar-refractivity contribution in [3.05, 3.63) is 0 Å². The Balaban J connectivity index is 2.46. The summed E-state index contributed by atoms with van der Waals surface area (Å²) in [6.07, 6.45) is 3.55. The normalized spacial score (nSPS) is 18.6. The molecule has 0 spiro atoms. The highest BCUT2D eigenvalue weighted by Gasteiger charge is 2.19. The van der Waals surface area contributed by atoms with Gasteiger partial charge in [0.05, 0.1) is 13.2 Å². The fourth-order valence-electron chi connectivity index (χ4n) is 1.71. The van der Waals surface area contributed by atoms with Crippen LogP contribution in [0.4, 0.5) is 0 Å². The highest BCUT2D eigenvalue weighted by molar-refractivity contribution is 5.72. The summed E-state index contributed by atoms with van der Waals surface area (Å²) in [5, 5.41) is 12.5. The van der Waals surface area contributed by atoms with Crippen molar-refractivity contribution in [1.29, 1.82) is 0 Å². The number of rotatable bonds is 3. The summed E-state index contributed by atoms with van der Waals surface area (Å²) in [5.74, 6) is 0.0240. The second-order valence-electron chi connectivity index (χ2n) is 3.38. The predicted octanol–water partition coefficient (Wildman–Crippen LogP) is 0.228. The van der Waals surface area contributed by atoms with Crippen molar-refractivity contribution >= 4 is 5.91 Å². The van der Waals surface area contributed by atoms with Crippen LogP contribution in [0.15, 0.2) is 0 Å². The van der Waals surface area contributed by atoms with Crippen molar-refractivity contribution in [1.82, 2.24) is 10.0 Å². The number of hydrazine groups is 1. The molecule has 0 atom stereocenters. The molecule has 1 aliphatic rings. The maximum absolute atomic E-state index is 11.2. The lowest BCUT2D eigenvalue weighted by Crippen LogP contribution is -2.49. The summed E-state index contributed by atoms with van der Waals surface area (Å²) in [4.78, 5) is 11.2. The van der Waals surface area contributed by atoms with Gasteiger partial charge in [0.15, 0.2) is 0 Å². The van der Waals surface area contributed by atoms with Crippen molar-refractivity contribution in [3.8, 4) is 0 Å². The van der Waals surface area contributed by atoms with E-state index in [0.29, 0.717) is 6.54 Å². The van der Waals surface area contributed by atoms with Crippen LogP contribution in [0, 0.1) is 0 Å². The maximum Gasteiger partial charge on any atom is 0.233 e. The van der Waals surface area contributed by atoms with Gasteiger partial charge in [0.2, 0.25) is 5.91 Å². The van der Waals surface area contributed by atoms with Crippen molar-refractivity contribution in [2.75, 3.05) is 26.2 Å². The predicted molar refractivity (Wildman–Crippen MR) is 49.9 cm³/mol. The number of nitrogens with zero attached hydrogens (tertiary/aromatic N) is 2. The summed E-state index contributed by atoms with van der Waals surface area (Å²) in [6, 6.07) is 0. The molecule has 0 bridgehead atoms. The van der Waals surface area contributed by atoms with Gasteiger partial charge >= 0.3 is 0 Å². The molecular formula is C9H18N2O2. The van der Waals surface area contributed by atoms with Gasteiger partial charge in [-0.25, -0.2) is 5.01 Å². The van der Waals surface area contributed by atoms with Crippen LogP contribution in [0.1, 0.15) is 26.2 Å². The molecule has 0 aromatic rings. The van der Waals surface area contributed by atoms with E-state index in [-0.39, 0.29) is 12.5 Å². The van der Waals surface area contributed by atoms with Crippen LogP contribution in [0.5, 0.6) is 0 Å². The first kappa shape index (κ1) is 10.5. The molecule has 1 rings (SSSR count). The average molecular weight is 186 g/mol. The van der Waals surface area contributed by atoms with Gasteiger partial charge in [-0.2, -0.15) is 0 Å².